The van der Waals surface area contributed by atoms with Crippen molar-refractivity contribution < 1.29 is 19.4 Å². The number of ether oxygens (including phenoxy) is 1. The van der Waals surface area contributed by atoms with Gasteiger partial charge < -0.3 is 9.84 Å². The molecule has 0 aliphatic heterocycles. The van der Waals surface area contributed by atoms with Gasteiger partial charge in [-0.1, -0.05) is 44.9 Å². The minimum atomic E-state index is -0.957. The van der Waals surface area contributed by atoms with Crippen molar-refractivity contribution >= 4 is 11.9 Å². The lowest BCUT2D eigenvalue weighted by molar-refractivity contribution is -0.155. The van der Waals surface area contributed by atoms with Gasteiger partial charge in [0.2, 0.25) is 0 Å². The average Bonchev–Trinajstić information content (AvgIpc) is 2.65. The number of hydrogen-bond acceptors (Lipinski definition) is 3. The zero-order valence-electron chi connectivity index (χ0n) is 17.8. The van der Waals surface area contributed by atoms with Gasteiger partial charge in [-0.25, -0.2) is 0 Å². The summed E-state index contributed by atoms with van der Waals surface area (Å²) >= 11 is 0. The second-order valence-electron chi connectivity index (χ2n) is 10.1. The highest BCUT2D eigenvalue weighted by atomic mass is 16.5. The van der Waals surface area contributed by atoms with Crippen molar-refractivity contribution in [2.45, 2.75) is 78.6 Å². The minimum absolute atomic E-state index is 0.0419. The number of esters is 1. The van der Waals surface area contributed by atoms with Crippen LogP contribution in [0, 0.1) is 28.1 Å². The number of hydrogen-bond donors (Lipinski definition) is 1. The first-order chi connectivity index (χ1) is 13.1. The van der Waals surface area contributed by atoms with Crippen LogP contribution in [0.15, 0.2) is 24.3 Å². The van der Waals surface area contributed by atoms with Crippen molar-refractivity contribution in [3.8, 4) is 0 Å². The summed E-state index contributed by atoms with van der Waals surface area (Å²) in [5.41, 5.74) is 1.93. The molecular weight excluding hydrogens is 352 g/mol. The summed E-state index contributed by atoms with van der Waals surface area (Å²) in [4.78, 5) is 22.7. The van der Waals surface area contributed by atoms with Crippen LogP contribution < -0.4 is 0 Å². The number of carbonyl (C=O) groups excluding carboxylic acids is 1. The fraction of sp³-hybridized carbons (Fsp3) is 0.750. The zero-order chi connectivity index (χ0) is 20.6. The molecule has 0 heterocycles. The van der Waals surface area contributed by atoms with Gasteiger partial charge in [-0.3, -0.25) is 9.59 Å². The lowest BCUT2D eigenvalue weighted by Crippen LogP contribution is -2.53. The molecular formula is C24H36O4. The molecule has 1 N–H and O–H groups in total. The SMILES string of the molecule is C=C[C@@]1(C)CCC=C2[C@H]1CCC1[C@](C)(COC(=O)CCC(=O)O)CCC[C@@]21C. The molecule has 0 aromatic carbocycles. The molecule has 1 unspecified atom stereocenters. The largest absolute Gasteiger partial charge is 0.481 e. The molecule has 2 saturated carbocycles. The highest BCUT2D eigenvalue weighted by Gasteiger charge is 2.56. The van der Waals surface area contributed by atoms with E-state index in [2.05, 4.69) is 39.5 Å². The van der Waals surface area contributed by atoms with Crippen molar-refractivity contribution in [2.75, 3.05) is 6.61 Å². The molecule has 4 nitrogen and oxygen atoms in total. The fourth-order valence-electron chi connectivity index (χ4n) is 6.59. The van der Waals surface area contributed by atoms with Gasteiger partial charge in [0.25, 0.3) is 0 Å². The van der Waals surface area contributed by atoms with E-state index in [4.69, 9.17) is 9.84 Å². The average molecular weight is 389 g/mol. The first-order valence-electron chi connectivity index (χ1n) is 10.9. The van der Waals surface area contributed by atoms with Crippen molar-refractivity contribution in [3.05, 3.63) is 24.3 Å². The highest BCUT2D eigenvalue weighted by molar-refractivity contribution is 5.76. The van der Waals surface area contributed by atoms with E-state index in [1.807, 2.05) is 0 Å². The Labute approximate surface area is 169 Å². The minimum Gasteiger partial charge on any atom is -0.481 e. The van der Waals surface area contributed by atoms with Gasteiger partial charge >= 0.3 is 11.9 Å². The number of carbonyl (C=O) groups is 2. The van der Waals surface area contributed by atoms with Crippen molar-refractivity contribution in [2.24, 2.45) is 28.1 Å². The Morgan fingerprint density at radius 3 is 2.64 bits per heavy atom. The van der Waals surface area contributed by atoms with Gasteiger partial charge in [0.05, 0.1) is 19.4 Å². The van der Waals surface area contributed by atoms with Crippen molar-refractivity contribution in [3.63, 3.8) is 0 Å². The third-order valence-electron chi connectivity index (χ3n) is 8.25. The quantitative estimate of drug-likeness (QED) is 0.480. The summed E-state index contributed by atoms with van der Waals surface area (Å²) in [5.74, 6) is -0.266. The van der Waals surface area contributed by atoms with Crippen LogP contribution in [-0.4, -0.2) is 23.7 Å². The molecule has 0 bridgehead atoms. The third-order valence-corrected chi connectivity index (χ3v) is 8.25. The standard InChI is InChI=1S/C24H36O4/c1-5-22(2)13-6-8-18-17(22)9-10-19-23(3,14-7-15-24(18,19)4)16-28-21(27)12-11-20(25)26/h5,8,17,19H,1,6-7,9-16H2,2-4H3,(H,25,26)/t17-,19?,22+,23+,24+/m1/s1. The van der Waals surface area contributed by atoms with E-state index < -0.39 is 5.97 Å². The molecule has 5 atom stereocenters. The predicted octanol–water partition coefficient (Wildman–Crippen LogP) is 5.53. The van der Waals surface area contributed by atoms with E-state index >= 15 is 0 Å². The number of aliphatic carboxylic acids is 1. The Balaban J connectivity index is 1.77. The molecule has 0 spiro atoms. The normalized spacial score (nSPS) is 39.9. The first kappa shape index (κ1) is 21.1. The van der Waals surface area contributed by atoms with Crippen LogP contribution in [0.2, 0.25) is 0 Å². The highest BCUT2D eigenvalue weighted by Crippen LogP contribution is 2.65. The van der Waals surface area contributed by atoms with E-state index in [1.54, 1.807) is 5.57 Å². The smallest absolute Gasteiger partial charge is 0.306 e. The molecule has 4 heteroatoms. The molecule has 0 saturated heterocycles. The molecule has 0 amide bonds. The maximum atomic E-state index is 12.0. The maximum Gasteiger partial charge on any atom is 0.306 e. The topological polar surface area (TPSA) is 63.6 Å². The summed E-state index contributed by atoms with van der Waals surface area (Å²) in [6.07, 6.45) is 12.5. The van der Waals surface area contributed by atoms with Gasteiger partial charge in [0.15, 0.2) is 0 Å². The lowest BCUT2D eigenvalue weighted by atomic mass is 9.44. The zero-order valence-corrected chi connectivity index (χ0v) is 17.8. The van der Waals surface area contributed by atoms with Crippen molar-refractivity contribution in [1.82, 2.24) is 0 Å². The second-order valence-corrected chi connectivity index (χ2v) is 10.1. The van der Waals surface area contributed by atoms with Gasteiger partial charge in [0.1, 0.15) is 0 Å². The Hall–Kier alpha value is -1.58. The van der Waals surface area contributed by atoms with Crippen LogP contribution in [0.3, 0.4) is 0 Å². The first-order valence-corrected chi connectivity index (χ1v) is 10.9. The number of carboxylic acid groups (broad SMARTS) is 1. The molecule has 3 aliphatic rings. The Bertz CT molecular complexity index is 680. The van der Waals surface area contributed by atoms with E-state index in [0.717, 1.165) is 25.7 Å². The van der Waals surface area contributed by atoms with E-state index in [0.29, 0.717) is 18.4 Å². The number of rotatable bonds is 6. The second kappa shape index (κ2) is 7.68. The molecule has 156 valence electrons. The molecule has 3 aliphatic carbocycles. The van der Waals surface area contributed by atoms with Crippen LogP contribution in [0.25, 0.3) is 0 Å². The summed E-state index contributed by atoms with van der Waals surface area (Å²) in [7, 11) is 0. The number of carboxylic acids is 1. The summed E-state index contributed by atoms with van der Waals surface area (Å²) in [5, 5.41) is 8.77. The predicted molar refractivity (Wildman–Crippen MR) is 110 cm³/mol. The fourth-order valence-corrected chi connectivity index (χ4v) is 6.59. The number of fused-ring (bicyclic) bond motifs is 3. The summed E-state index contributed by atoms with van der Waals surface area (Å²) < 4.78 is 5.59. The van der Waals surface area contributed by atoms with Crippen LogP contribution in [-0.2, 0) is 14.3 Å². The van der Waals surface area contributed by atoms with Gasteiger partial charge in [-0.05, 0) is 61.2 Å². The van der Waals surface area contributed by atoms with E-state index in [9.17, 15) is 9.59 Å². The van der Waals surface area contributed by atoms with E-state index in [1.165, 1.54) is 19.3 Å². The molecule has 28 heavy (non-hydrogen) atoms. The molecule has 0 radical (unpaired) electrons. The number of allylic oxidation sites excluding steroid dienone is 3. The van der Waals surface area contributed by atoms with Gasteiger partial charge in [-0.2, -0.15) is 0 Å². The third kappa shape index (κ3) is 3.67. The van der Waals surface area contributed by atoms with Crippen LogP contribution in [0.4, 0.5) is 0 Å². The van der Waals surface area contributed by atoms with Gasteiger partial charge in [0, 0.05) is 5.41 Å². The van der Waals surface area contributed by atoms with Gasteiger partial charge in [-0.15, -0.1) is 6.58 Å². The molecule has 2 fully saturated rings. The molecule has 3 rings (SSSR count). The Morgan fingerprint density at radius 2 is 1.96 bits per heavy atom. The Kier molecular flexibility index (Phi) is 5.80. The van der Waals surface area contributed by atoms with E-state index in [-0.39, 0.29) is 35.1 Å². The van der Waals surface area contributed by atoms with Crippen molar-refractivity contribution in [1.29, 1.82) is 0 Å². The van der Waals surface area contributed by atoms with Crippen LogP contribution in [0.1, 0.15) is 78.6 Å². The molecule has 0 aromatic heterocycles. The van der Waals surface area contributed by atoms with Crippen LogP contribution >= 0.6 is 0 Å². The maximum absolute atomic E-state index is 12.0. The Morgan fingerprint density at radius 1 is 1.21 bits per heavy atom. The molecule has 0 aromatic rings. The summed E-state index contributed by atoms with van der Waals surface area (Å²) in [6, 6.07) is 0. The monoisotopic (exact) mass is 388 g/mol. The summed E-state index contributed by atoms with van der Waals surface area (Å²) in [6.45, 7) is 11.6. The van der Waals surface area contributed by atoms with Crippen LogP contribution in [0.5, 0.6) is 0 Å². The lowest BCUT2D eigenvalue weighted by Gasteiger charge is -2.60.